The molecule has 0 aliphatic carbocycles. The van der Waals surface area contributed by atoms with Crippen molar-refractivity contribution in [2.24, 2.45) is 17.6 Å². The molecule has 0 rings (SSSR count). The van der Waals surface area contributed by atoms with E-state index in [-0.39, 0.29) is 11.8 Å². The van der Waals surface area contributed by atoms with Crippen molar-refractivity contribution in [2.75, 3.05) is 0 Å². The lowest BCUT2D eigenvalue weighted by atomic mass is 9.92. The van der Waals surface area contributed by atoms with Gasteiger partial charge in [0.1, 0.15) is 5.78 Å². The van der Waals surface area contributed by atoms with E-state index in [2.05, 4.69) is 20.8 Å². The Bertz CT molecular complexity index is 143. The summed E-state index contributed by atoms with van der Waals surface area (Å²) in [6.45, 7) is 7.99. The molecule has 0 saturated heterocycles. The highest BCUT2D eigenvalue weighted by molar-refractivity contribution is 5.81. The third-order valence-corrected chi connectivity index (χ3v) is 2.28. The molecule has 72 valence electrons. The second-order valence-electron chi connectivity index (χ2n) is 4.08. The lowest BCUT2D eigenvalue weighted by Gasteiger charge is -2.17. The quantitative estimate of drug-likeness (QED) is 0.687. The Morgan fingerprint density at radius 2 is 1.75 bits per heavy atom. The number of hydrogen-bond acceptors (Lipinski definition) is 2. The molecule has 0 heterocycles. The van der Waals surface area contributed by atoms with Crippen LogP contribution in [-0.2, 0) is 4.79 Å². The number of hydrogen-bond donors (Lipinski definition) is 1. The maximum atomic E-state index is 10.9. The Labute approximate surface area is 75.5 Å². The average molecular weight is 171 g/mol. The first kappa shape index (κ1) is 11.6. The smallest absolute Gasteiger partial charge is 0.146 e. The van der Waals surface area contributed by atoms with Gasteiger partial charge in [-0.2, -0.15) is 0 Å². The fourth-order valence-electron chi connectivity index (χ4n) is 1.18. The number of rotatable bonds is 5. The zero-order valence-corrected chi connectivity index (χ0v) is 8.63. The van der Waals surface area contributed by atoms with E-state index in [0.717, 1.165) is 12.8 Å². The molecule has 0 unspecified atom stereocenters. The fourth-order valence-corrected chi connectivity index (χ4v) is 1.18. The van der Waals surface area contributed by atoms with Crippen LogP contribution in [0, 0.1) is 11.8 Å². The van der Waals surface area contributed by atoms with Crippen LogP contribution < -0.4 is 5.73 Å². The summed E-state index contributed by atoms with van der Waals surface area (Å²) in [6.07, 6.45) is 2.21. The number of Topliss-reactive ketones (excluding diaryl/α,β-unsaturated/α-hetero) is 1. The molecule has 2 heteroatoms. The van der Waals surface area contributed by atoms with E-state index < -0.39 is 0 Å². The lowest BCUT2D eigenvalue weighted by molar-refractivity contribution is -0.119. The first-order valence-corrected chi connectivity index (χ1v) is 4.71. The van der Waals surface area contributed by atoms with Crippen molar-refractivity contribution in [3.8, 4) is 0 Å². The van der Waals surface area contributed by atoms with Gasteiger partial charge in [-0.05, 0) is 25.2 Å². The van der Waals surface area contributed by atoms with Crippen molar-refractivity contribution in [1.29, 1.82) is 0 Å². The van der Waals surface area contributed by atoms with Gasteiger partial charge in [0.25, 0.3) is 0 Å². The van der Waals surface area contributed by atoms with Gasteiger partial charge in [-0.1, -0.05) is 27.2 Å². The molecule has 0 amide bonds. The Balaban J connectivity index is 3.71. The van der Waals surface area contributed by atoms with Gasteiger partial charge < -0.3 is 5.73 Å². The van der Waals surface area contributed by atoms with Crippen molar-refractivity contribution >= 4 is 5.78 Å². The van der Waals surface area contributed by atoms with E-state index in [1.807, 2.05) is 0 Å². The van der Waals surface area contributed by atoms with Gasteiger partial charge >= 0.3 is 0 Å². The van der Waals surface area contributed by atoms with Crippen LogP contribution in [0.4, 0.5) is 0 Å². The summed E-state index contributed by atoms with van der Waals surface area (Å²) in [6, 6.07) is -0.260. The molecule has 2 N–H and O–H groups in total. The van der Waals surface area contributed by atoms with Crippen LogP contribution in [0.15, 0.2) is 0 Å². The molecule has 0 spiro atoms. The van der Waals surface area contributed by atoms with Gasteiger partial charge in [0.2, 0.25) is 0 Å². The highest BCUT2D eigenvalue weighted by Crippen LogP contribution is 2.14. The third-order valence-electron chi connectivity index (χ3n) is 2.28. The van der Waals surface area contributed by atoms with Crippen LogP contribution in [0.25, 0.3) is 0 Å². The van der Waals surface area contributed by atoms with Gasteiger partial charge in [-0.15, -0.1) is 0 Å². The Morgan fingerprint density at radius 1 is 1.25 bits per heavy atom. The highest BCUT2D eigenvalue weighted by atomic mass is 16.1. The summed E-state index contributed by atoms with van der Waals surface area (Å²) in [4.78, 5) is 10.9. The van der Waals surface area contributed by atoms with Crippen LogP contribution >= 0.6 is 0 Å². The predicted octanol–water partition coefficient (Wildman–Crippen LogP) is 1.97. The summed E-state index contributed by atoms with van der Waals surface area (Å²) in [5.41, 5.74) is 5.70. The molecular formula is C10H21NO. The van der Waals surface area contributed by atoms with Crippen molar-refractivity contribution in [3.63, 3.8) is 0 Å². The maximum Gasteiger partial charge on any atom is 0.146 e. The van der Waals surface area contributed by atoms with E-state index in [4.69, 9.17) is 5.73 Å². The second kappa shape index (κ2) is 5.31. The SMILES string of the molecule is CC(=O)[C@H](N)[C@@H](C)CCC(C)C. The monoisotopic (exact) mass is 171 g/mol. The Morgan fingerprint density at radius 3 is 2.08 bits per heavy atom. The van der Waals surface area contributed by atoms with Gasteiger partial charge in [-0.25, -0.2) is 0 Å². The summed E-state index contributed by atoms with van der Waals surface area (Å²) >= 11 is 0. The van der Waals surface area contributed by atoms with Gasteiger partial charge in [0.15, 0.2) is 0 Å². The predicted molar refractivity (Wildman–Crippen MR) is 51.9 cm³/mol. The molecule has 2 nitrogen and oxygen atoms in total. The normalized spacial score (nSPS) is 16.2. The standard InChI is InChI=1S/C10H21NO/c1-7(2)5-6-8(3)10(11)9(4)12/h7-8,10H,5-6,11H2,1-4H3/t8-,10+/m0/s1. The van der Waals surface area contributed by atoms with E-state index in [0.29, 0.717) is 11.8 Å². The molecule has 0 aromatic rings. The zero-order chi connectivity index (χ0) is 9.72. The maximum absolute atomic E-state index is 10.9. The van der Waals surface area contributed by atoms with E-state index in [1.54, 1.807) is 6.92 Å². The van der Waals surface area contributed by atoms with E-state index in [1.165, 1.54) is 0 Å². The van der Waals surface area contributed by atoms with Crippen LogP contribution in [0.1, 0.15) is 40.5 Å². The number of ketones is 1. The molecule has 12 heavy (non-hydrogen) atoms. The largest absolute Gasteiger partial charge is 0.321 e. The molecular weight excluding hydrogens is 150 g/mol. The summed E-state index contributed by atoms with van der Waals surface area (Å²) in [5.74, 6) is 1.13. The second-order valence-corrected chi connectivity index (χ2v) is 4.08. The molecule has 0 aliphatic heterocycles. The molecule has 0 aromatic carbocycles. The molecule has 0 saturated carbocycles. The molecule has 0 aliphatic rings. The number of carbonyl (C=O) groups excluding carboxylic acids is 1. The molecule has 0 bridgehead atoms. The lowest BCUT2D eigenvalue weighted by Crippen LogP contribution is -2.35. The summed E-state index contributed by atoms with van der Waals surface area (Å²) in [5, 5.41) is 0. The van der Waals surface area contributed by atoms with Crippen molar-refractivity contribution in [1.82, 2.24) is 0 Å². The van der Waals surface area contributed by atoms with Crippen molar-refractivity contribution in [3.05, 3.63) is 0 Å². The first-order chi connectivity index (χ1) is 5.45. The van der Waals surface area contributed by atoms with E-state index >= 15 is 0 Å². The van der Waals surface area contributed by atoms with Gasteiger partial charge in [0.05, 0.1) is 6.04 Å². The molecule has 0 aromatic heterocycles. The minimum absolute atomic E-state index is 0.103. The van der Waals surface area contributed by atoms with Gasteiger partial charge in [-0.3, -0.25) is 4.79 Å². The molecule has 0 fully saturated rings. The minimum Gasteiger partial charge on any atom is -0.321 e. The zero-order valence-electron chi connectivity index (χ0n) is 8.63. The highest BCUT2D eigenvalue weighted by Gasteiger charge is 2.16. The topological polar surface area (TPSA) is 43.1 Å². The minimum atomic E-state index is -0.260. The van der Waals surface area contributed by atoms with Crippen molar-refractivity contribution < 1.29 is 4.79 Å². The average Bonchev–Trinajstić information content (AvgIpc) is 1.98. The van der Waals surface area contributed by atoms with Crippen LogP contribution in [-0.4, -0.2) is 11.8 Å². The van der Waals surface area contributed by atoms with Crippen LogP contribution in [0.2, 0.25) is 0 Å². The van der Waals surface area contributed by atoms with Crippen LogP contribution in [0.3, 0.4) is 0 Å². The third kappa shape index (κ3) is 4.50. The summed E-state index contributed by atoms with van der Waals surface area (Å²) < 4.78 is 0. The van der Waals surface area contributed by atoms with Crippen LogP contribution in [0.5, 0.6) is 0 Å². The first-order valence-electron chi connectivity index (χ1n) is 4.71. The fraction of sp³-hybridized carbons (Fsp3) is 0.900. The molecule has 2 atom stereocenters. The van der Waals surface area contributed by atoms with E-state index in [9.17, 15) is 4.79 Å². The van der Waals surface area contributed by atoms with Crippen molar-refractivity contribution in [2.45, 2.75) is 46.6 Å². The van der Waals surface area contributed by atoms with Gasteiger partial charge in [0, 0.05) is 0 Å². The Kier molecular flexibility index (Phi) is 5.14. The Hall–Kier alpha value is -0.370. The number of carbonyl (C=O) groups is 1. The summed E-state index contributed by atoms with van der Waals surface area (Å²) in [7, 11) is 0. The molecule has 0 radical (unpaired) electrons. The number of nitrogens with two attached hydrogens (primary N) is 1.